The first-order valence-corrected chi connectivity index (χ1v) is 12.3. The van der Waals surface area contributed by atoms with Crippen molar-refractivity contribution in [3.63, 3.8) is 0 Å². The monoisotopic (exact) mass is 515 g/mol. The van der Waals surface area contributed by atoms with E-state index in [-0.39, 0.29) is 5.75 Å². The maximum absolute atomic E-state index is 14.7. The number of nitrogens with zero attached hydrogens (tertiary/aromatic N) is 1. The Bertz CT molecular complexity index is 1170. The Labute approximate surface area is 199 Å². The highest BCUT2D eigenvalue weighted by atomic mass is 31.2. The summed E-state index contributed by atoms with van der Waals surface area (Å²) in [4.78, 5) is 37.4. The summed E-state index contributed by atoms with van der Waals surface area (Å²) in [5.74, 6) is -0.555. The second kappa shape index (κ2) is 11.3. The summed E-state index contributed by atoms with van der Waals surface area (Å²) in [6.45, 7) is 4.07. The van der Waals surface area contributed by atoms with Gasteiger partial charge in [0, 0.05) is 12.3 Å². The summed E-state index contributed by atoms with van der Waals surface area (Å²) in [5.41, 5.74) is -1.62. The van der Waals surface area contributed by atoms with Gasteiger partial charge in [-0.25, -0.2) is 13.8 Å². The Morgan fingerprint density at radius 2 is 1.94 bits per heavy atom. The number of aliphatic hydroxyl groups excluding tert-OH is 1. The number of H-pyrrole nitrogens is 1. The lowest BCUT2D eigenvalue weighted by Gasteiger charge is -2.25. The number of aliphatic hydroxyl groups is 1. The zero-order valence-electron chi connectivity index (χ0n) is 19.2. The number of benzene rings is 1. The molecule has 0 saturated carbocycles. The minimum absolute atomic E-state index is 0.154. The zero-order valence-corrected chi connectivity index (χ0v) is 20.1. The molecule has 1 saturated heterocycles. The van der Waals surface area contributed by atoms with E-state index in [1.165, 1.54) is 19.1 Å². The molecule has 3 rings (SSSR count). The molecular weight excluding hydrogens is 488 g/mol. The number of hydrogen-bond acceptors (Lipinski definition) is 9. The van der Waals surface area contributed by atoms with Crippen molar-refractivity contribution in [3.8, 4) is 5.75 Å². The van der Waals surface area contributed by atoms with Crippen LogP contribution >= 0.6 is 7.75 Å². The van der Waals surface area contributed by atoms with E-state index in [9.17, 15) is 28.4 Å². The Morgan fingerprint density at radius 3 is 2.57 bits per heavy atom. The largest absolute Gasteiger partial charge is 0.462 e. The lowest BCUT2D eigenvalue weighted by Crippen LogP contribution is -2.37. The van der Waals surface area contributed by atoms with Gasteiger partial charge in [-0.3, -0.25) is 23.7 Å². The van der Waals surface area contributed by atoms with Gasteiger partial charge in [0.25, 0.3) is 5.56 Å². The molecule has 2 heterocycles. The second-order valence-corrected chi connectivity index (χ2v) is 9.75. The molecule has 14 heteroatoms. The van der Waals surface area contributed by atoms with Crippen LogP contribution in [0.1, 0.15) is 27.0 Å². The smallest absolute Gasteiger partial charge is 0.459 e. The lowest BCUT2D eigenvalue weighted by atomic mass is 10.1. The number of aromatic nitrogens is 2. The number of carbonyl (C=O) groups is 1. The fourth-order valence-electron chi connectivity index (χ4n) is 3.20. The number of esters is 1. The van der Waals surface area contributed by atoms with Gasteiger partial charge in [0.1, 0.15) is 24.0 Å². The number of rotatable bonds is 10. The van der Waals surface area contributed by atoms with Crippen molar-refractivity contribution in [1.29, 1.82) is 0 Å². The van der Waals surface area contributed by atoms with Gasteiger partial charge in [0.2, 0.25) is 0 Å². The van der Waals surface area contributed by atoms with Crippen molar-refractivity contribution in [2.24, 2.45) is 0 Å². The molecule has 6 atom stereocenters. The van der Waals surface area contributed by atoms with E-state index in [2.05, 4.69) is 5.09 Å². The summed E-state index contributed by atoms with van der Waals surface area (Å²) in [6.07, 6.45) is -6.13. The first-order valence-electron chi connectivity index (χ1n) is 10.8. The minimum Gasteiger partial charge on any atom is -0.462 e. The molecule has 0 bridgehead atoms. The van der Waals surface area contributed by atoms with E-state index in [0.717, 1.165) is 16.8 Å². The van der Waals surface area contributed by atoms with Crippen LogP contribution in [0, 0.1) is 0 Å². The number of alkyl halides is 1. The fourth-order valence-corrected chi connectivity index (χ4v) is 4.70. The summed E-state index contributed by atoms with van der Waals surface area (Å²) in [6, 6.07) is 7.86. The van der Waals surface area contributed by atoms with Crippen molar-refractivity contribution in [3.05, 3.63) is 63.4 Å². The third kappa shape index (κ3) is 6.86. The van der Waals surface area contributed by atoms with E-state index in [4.69, 9.17) is 18.5 Å². The van der Waals surface area contributed by atoms with Crippen molar-refractivity contribution in [2.45, 2.75) is 57.5 Å². The van der Waals surface area contributed by atoms with E-state index in [1.54, 1.807) is 32.0 Å². The molecule has 1 aliphatic rings. The Hall–Kier alpha value is -2.83. The molecule has 0 aliphatic carbocycles. The van der Waals surface area contributed by atoms with Crippen LogP contribution in [0.3, 0.4) is 0 Å². The van der Waals surface area contributed by atoms with Gasteiger partial charge in [-0.2, -0.15) is 5.09 Å². The molecule has 3 unspecified atom stereocenters. The number of ether oxygens (including phenoxy) is 2. The Kier molecular flexibility index (Phi) is 8.62. The van der Waals surface area contributed by atoms with Gasteiger partial charge in [-0.1, -0.05) is 18.2 Å². The maximum atomic E-state index is 14.7. The van der Waals surface area contributed by atoms with Crippen LogP contribution in [-0.2, 0) is 23.4 Å². The van der Waals surface area contributed by atoms with Crippen molar-refractivity contribution < 1.29 is 37.4 Å². The summed E-state index contributed by atoms with van der Waals surface area (Å²) < 4.78 is 50.4. The van der Waals surface area contributed by atoms with E-state index in [1.807, 2.05) is 4.98 Å². The first-order chi connectivity index (χ1) is 16.5. The maximum Gasteiger partial charge on any atom is 0.459 e. The fraction of sp³-hybridized carbons (Fsp3) is 0.476. The highest BCUT2D eigenvalue weighted by molar-refractivity contribution is 7.52. The molecule has 3 N–H and O–H groups in total. The van der Waals surface area contributed by atoms with Crippen molar-refractivity contribution in [2.75, 3.05) is 6.61 Å². The molecule has 35 heavy (non-hydrogen) atoms. The Balaban J connectivity index is 1.75. The molecule has 1 fully saturated rings. The normalized spacial score (nSPS) is 24.6. The molecule has 0 amide bonds. The van der Waals surface area contributed by atoms with Crippen molar-refractivity contribution in [1.82, 2.24) is 14.6 Å². The molecular formula is C21H27FN3O9P. The van der Waals surface area contributed by atoms with Gasteiger partial charge in [-0.05, 0) is 32.9 Å². The van der Waals surface area contributed by atoms with Gasteiger partial charge in [0.05, 0.1) is 12.7 Å². The van der Waals surface area contributed by atoms with E-state index >= 15 is 0 Å². The van der Waals surface area contributed by atoms with Crippen LogP contribution in [-0.4, -0.2) is 57.8 Å². The number of aromatic amines is 1. The molecule has 1 aliphatic heterocycles. The third-order valence-corrected chi connectivity index (χ3v) is 6.50. The highest BCUT2D eigenvalue weighted by Crippen LogP contribution is 2.46. The molecule has 1 aromatic heterocycles. The first kappa shape index (κ1) is 26.8. The summed E-state index contributed by atoms with van der Waals surface area (Å²) in [5, 5.41) is 12.8. The Morgan fingerprint density at radius 1 is 1.26 bits per heavy atom. The summed E-state index contributed by atoms with van der Waals surface area (Å²) >= 11 is 0. The average molecular weight is 515 g/mol. The van der Waals surface area contributed by atoms with Gasteiger partial charge in [0.15, 0.2) is 12.4 Å². The van der Waals surface area contributed by atoms with Gasteiger partial charge >= 0.3 is 19.4 Å². The molecule has 192 valence electrons. The van der Waals surface area contributed by atoms with Gasteiger partial charge in [-0.15, -0.1) is 0 Å². The molecule has 2 aromatic rings. The predicted octanol–water partition coefficient (Wildman–Crippen LogP) is 1.27. The highest BCUT2D eigenvalue weighted by Gasteiger charge is 2.47. The van der Waals surface area contributed by atoms with Crippen LogP contribution in [0.5, 0.6) is 5.75 Å². The third-order valence-electron chi connectivity index (χ3n) is 4.85. The van der Waals surface area contributed by atoms with E-state index < -0.39 is 68.3 Å². The standard InChI is InChI=1S/C21H27FN3O9P/c1-12(2)32-20(28)13(3)24-35(30,34-14-7-5-4-6-8-14)31-11-15-18(27)17(22)19(33-15)25-10-9-16(26)23-21(25)29/h4-10,12-13,15,17-19,27H,11H2,1-3H3,(H,24,30)(H,23,26,29)/t13-,15?,17+,18+,19?,35?/m0/s1. The van der Waals surface area contributed by atoms with Crippen LogP contribution in [0.2, 0.25) is 0 Å². The number of nitrogens with one attached hydrogen (secondary N) is 2. The van der Waals surface area contributed by atoms with E-state index in [0.29, 0.717) is 0 Å². The number of halogens is 1. The number of carbonyl (C=O) groups excluding carboxylic acids is 1. The summed E-state index contributed by atoms with van der Waals surface area (Å²) in [7, 11) is -4.28. The predicted molar refractivity (Wildman–Crippen MR) is 121 cm³/mol. The van der Waals surface area contributed by atoms with Gasteiger partial charge < -0.3 is 19.1 Å². The molecule has 0 radical (unpaired) electrons. The second-order valence-electron chi connectivity index (χ2n) is 8.05. The van der Waals surface area contributed by atoms with Crippen LogP contribution in [0.4, 0.5) is 4.39 Å². The molecule has 1 aromatic carbocycles. The number of para-hydroxylation sites is 1. The average Bonchev–Trinajstić information content (AvgIpc) is 3.06. The molecule has 12 nitrogen and oxygen atoms in total. The lowest BCUT2D eigenvalue weighted by molar-refractivity contribution is -0.149. The quantitative estimate of drug-likeness (QED) is 0.311. The minimum atomic E-state index is -4.28. The van der Waals surface area contributed by atoms with Crippen LogP contribution < -0.4 is 20.9 Å². The number of hydrogen-bond donors (Lipinski definition) is 3. The topological polar surface area (TPSA) is 158 Å². The van der Waals surface area contributed by atoms with Crippen molar-refractivity contribution >= 4 is 13.7 Å². The molecule has 0 spiro atoms. The van der Waals surface area contributed by atoms with Crippen LogP contribution in [0.15, 0.2) is 52.2 Å². The van der Waals surface area contributed by atoms with Crippen LogP contribution in [0.25, 0.3) is 0 Å². The SMILES string of the molecule is CC(C)OC(=O)[C@H](C)NP(=O)(OCC1OC(n2ccc(=O)[nH]c2=O)[C@H](F)[C@@H]1O)Oc1ccccc1. The zero-order chi connectivity index (χ0) is 25.8.